The van der Waals surface area contributed by atoms with Gasteiger partial charge in [0.1, 0.15) is 25.8 Å². The van der Waals surface area contributed by atoms with E-state index in [9.17, 15) is 19.0 Å². The van der Waals surface area contributed by atoms with Crippen molar-refractivity contribution in [2.24, 2.45) is 5.73 Å². The summed E-state index contributed by atoms with van der Waals surface area (Å²) in [5.74, 6) is -1.24. The van der Waals surface area contributed by atoms with Gasteiger partial charge in [0.15, 0.2) is 6.10 Å². The number of unbranched alkanes of at least 4 members (excludes halogenated alkanes) is 13. The summed E-state index contributed by atoms with van der Waals surface area (Å²) < 4.78 is 33.3. The lowest BCUT2D eigenvalue weighted by Crippen LogP contribution is -2.40. The van der Waals surface area contributed by atoms with Crippen LogP contribution in [0.5, 0.6) is 0 Å². The Morgan fingerprint density at radius 2 is 1.50 bits per heavy atom. The van der Waals surface area contributed by atoms with Crippen LogP contribution in [0.4, 0.5) is 0 Å². The number of nitrogens with zero attached hydrogens (tertiary/aromatic N) is 2. The van der Waals surface area contributed by atoms with Crippen molar-refractivity contribution < 1.29 is 42.1 Å². The third kappa shape index (κ3) is 22.7. The number of H-pyrrole nitrogens is 1. The number of carbonyl (C=O) groups excluding carboxylic acids is 2. The predicted octanol–water partition coefficient (Wildman–Crippen LogP) is 4.81. The van der Waals surface area contributed by atoms with Crippen LogP contribution in [-0.2, 0) is 39.1 Å². The summed E-state index contributed by atoms with van der Waals surface area (Å²) in [7, 11) is 1.02. The maximum absolute atomic E-state index is 12.6. The standard InChI is InChI=1S/C31H59N4O8P/c1-5-6-7-8-9-10-11-12-13-14-15-16-17-18-19-30(36)40-24-28(25-42-44(38,39)41-21-20-35(2,3)4)43-31(37)29(32)22-27-23-33-26-34-27/h23,26,28-29H,5-22,24-25,32H2,1-4H3,(H-,33,34,38,39)/t28-,29?/m1/s1. The number of carbonyl (C=O) groups is 2. The molecule has 0 bridgehead atoms. The molecule has 1 rings (SSSR count). The molecule has 0 aromatic carbocycles. The molecule has 13 heteroatoms. The number of hydrogen-bond donors (Lipinski definition) is 2. The van der Waals surface area contributed by atoms with Gasteiger partial charge < -0.3 is 38.6 Å². The van der Waals surface area contributed by atoms with Crippen molar-refractivity contribution >= 4 is 19.8 Å². The number of aromatic nitrogens is 2. The van der Waals surface area contributed by atoms with Crippen LogP contribution in [0, 0.1) is 0 Å². The van der Waals surface area contributed by atoms with E-state index in [1.807, 2.05) is 21.1 Å². The van der Waals surface area contributed by atoms with Gasteiger partial charge in [-0.3, -0.25) is 14.2 Å². The summed E-state index contributed by atoms with van der Waals surface area (Å²) in [6, 6.07) is -1.04. The molecular weight excluding hydrogens is 587 g/mol. The third-order valence-corrected chi connectivity index (χ3v) is 8.14. The van der Waals surface area contributed by atoms with E-state index in [1.165, 1.54) is 76.7 Å². The van der Waals surface area contributed by atoms with Crippen LogP contribution in [0.2, 0.25) is 0 Å². The second-order valence-corrected chi connectivity index (χ2v) is 14.0. The molecule has 12 nitrogen and oxygen atoms in total. The van der Waals surface area contributed by atoms with Crippen LogP contribution in [-0.4, -0.2) is 86.0 Å². The lowest BCUT2D eigenvalue weighted by molar-refractivity contribution is -0.870. The fourth-order valence-corrected chi connectivity index (χ4v) is 5.17. The van der Waals surface area contributed by atoms with Crippen molar-refractivity contribution in [1.82, 2.24) is 9.97 Å². The van der Waals surface area contributed by atoms with E-state index >= 15 is 0 Å². The van der Waals surface area contributed by atoms with E-state index in [-0.39, 0.29) is 26.1 Å². The summed E-state index contributed by atoms with van der Waals surface area (Å²) >= 11 is 0. The number of nitrogens with two attached hydrogens (primary N) is 1. The zero-order chi connectivity index (χ0) is 32.7. The van der Waals surface area contributed by atoms with Gasteiger partial charge >= 0.3 is 11.9 Å². The Bertz CT molecular complexity index is 926. The molecule has 44 heavy (non-hydrogen) atoms. The van der Waals surface area contributed by atoms with Gasteiger partial charge in [-0.25, -0.2) is 4.98 Å². The van der Waals surface area contributed by atoms with E-state index in [1.54, 1.807) is 0 Å². The van der Waals surface area contributed by atoms with Gasteiger partial charge in [-0.05, 0) is 6.42 Å². The molecule has 0 spiro atoms. The first-order valence-electron chi connectivity index (χ1n) is 16.4. The number of phosphoric acid groups is 1. The largest absolute Gasteiger partial charge is 0.756 e. The van der Waals surface area contributed by atoms with Crippen LogP contribution >= 0.6 is 7.82 Å². The molecule has 0 aliphatic heterocycles. The highest BCUT2D eigenvalue weighted by molar-refractivity contribution is 7.45. The minimum Gasteiger partial charge on any atom is -0.756 e. The van der Waals surface area contributed by atoms with E-state index in [0.29, 0.717) is 23.1 Å². The molecule has 256 valence electrons. The van der Waals surface area contributed by atoms with Crippen LogP contribution in [0.3, 0.4) is 0 Å². The van der Waals surface area contributed by atoms with Gasteiger partial charge in [0.2, 0.25) is 0 Å². The quantitative estimate of drug-likeness (QED) is 0.0558. The Morgan fingerprint density at radius 1 is 0.932 bits per heavy atom. The smallest absolute Gasteiger partial charge is 0.323 e. The third-order valence-electron chi connectivity index (χ3n) is 7.17. The van der Waals surface area contributed by atoms with Gasteiger partial charge in [-0.1, -0.05) is 90.4 Å². The SMILES string of the molecule is CCCCCCCCCCCCCCCCC(=O)OC[C@H](COP(=O)([O-])OCC[N+](C)(C)C)OC(=O)C(N)Cc1cnc[nH]1. The molecule has 0 radical (unpaired) electrons. The molecule has 0 aliphatic rings. The molecule has 0 aliphatic carbocycles. The van der Waals surface area contributed by atoms with Crippen LogP contribution < -0.4 is 10.6 Å². The second kappa shape index (κ2) is 23.5. The predicted molar refractivity (Wildman–Crippen MR) is 168 cm³/mol. The Kier molecular flexibility index (Phi) is 21.5. The highest BCUT2D eigenvalue weighted by Gasteiger charge is 2.25. The monoisotopic (exact) mass is 646 g/mol. The molecular formula is C31H59N4O8P. The molecule has 3 atom stereocenters. The summed E-state index contributed by atoms with van der Waals surface area (Å²) in [5, 5.41) is 0. The van der Waals surface area contributed by atoms with Gasteiger partial charge in [0.25, 0.3) is 7.82 Å². The number of imidazole rings is 1. The fourth-order valence-electron chi connectivity index (χ4n) is 4.44. The minimum atomic E-state index is -4.67. The highest BCUT2D eigenvalue weighted by Crippen LogP contribution is 2.38. The van der Waals surface area contributed by atoms with Gasteiger partial charge in [0.05, 0.1) is 34.1 Å². The van der Waals surface area contributed by atoms with Crippen molar-refractivity contribution in [3.05, 3.63) is 18.2 Å². The Labute approximate surface area is 265 Å². The van der Waals surface area contributed by atoms with Crippen molar-refractivity contribution in [3.8, 4) is 0 Å². The number of quaternary nitrogens is 1. The zero-order valence-corrected chi connectivity index (χ0v) is 28.5. The maximum atomic E-state index is 12.6. The number of aromatic amines is 1. The van der Waals surface area contributed by atoms with Crippen molar-refractivity contribution in [2.45, 2.75) is 122 Å². The number of ether oxygens (including phenoxy) is 2. The van der Waals surface area contributed by atoms with Gasteiger partial charge in [-0.2, -0.15) is 0 Å². The first-order valence-corrected chi connectivity index (χ1v) is 17.9. The summed E-state index contributed by atoms with van der Waals surface area (Å²) in [5.41, 5.74) is 6.59. The van der Waals surface area contributed by atoms with Crippen LogP contribution in [0.25, 0.3) is 0 Å². The Morgan fingerprint density at radius 3 is 2.02 bits per heavy atom. The van der Waals surface area contributed by atoms with Crippen LogP contribution in [0.1, 0.15) is 109 Å². The molecule has 0 amide bonds. The Balaban J connectivity index is 2.36. The van der Waals surface area contributed by atoms with E-state index in [2.05, 4.69) is 16.9 Å². The van der Waals surface area contributed by atoms with Crippen LogP contribution in [0.15, 0.2) is 12.5 Å². The molecule has 0 saturated carbocycles. The number of hydrogen-bond acceptors (Lipinski definition) is 10. The van der Waals surface area contributed by atoms with E-state index < -0.39 is 38.5 Å². The summed E-state index contributed by atoms with van der Waals surface area (Å²) in [6.45, 7) is 1.68. The number of phosphoric ester groups is 1. The molecule has 2 unspecified atom stereocenters. The van der Waals surface area contributed by atoms with Crippen molar-refractivity contribution in [2.75, 3.05) is 47.5 Å². The van der Waals surface area contributed by atoms with Crippen molar-refractivity contribution in [3.63, 3.8) is 0 Å². The summed E-state index contributed by atoms with van der Waals surface area (Å²) in [6.07, 6.45) is 19.2. The molecule has 1 heterocycles. The first-order chi connectivity index (χ1) is 20.9. The molecule has 0 saturated heterocycles. The molecule has 1 aromatic heterocycles. The second-order valence-electron chi connectivity index (χ2n) is 12.6. The number of rotatable bonds is 28. The topological polar surface area (TPSA) is 166 Å². The zero-order valence-electron chi connectivity index (χ0n) is 27.6. The Hall–Kier alpha value is -1.82. The molecule has 3 N–H and O–H groups in total. The van der Waals surface area contributed by atoms with Gasteiger partial charge in [0, 0.05) is 24.7 Å². The van der Waals surface area contributed by atoms with E-state index in [4.69, 9.17) is 24.3 Å². The highest BCUT2D eigenvalue weighted by atomic mass is 31.2. The normalized spacial score (nSPS) is 14.6. The summed E-state index contributed by atoms with van der Waals surface area (Å²) in [4.78, 5) is 43.9. The minimum absolute atomic E-state index is 0.0715. The van der Waals surface area contributed by atoms with Gasteiger partial charge in [-0.15, -0.1) is 0 Å². The maximum Gasteiger partial charge on any atom is 0.323 e. The number of nitrogens with one attached hydrogen (secondary N) is 1. The number of esters is 2. The molecule has 1 aromatic rings. The fraction of sp³-hybridized carbons (Fsp3) is 0.839. The average Bonchev–Trinajstić information content (AvgIpc) is 3.46. The molecule has 0 fully saturated rings. The van der Waals surface area contributed by atoms with E-state index in [0.717, 1.165) is 19.3 Å². The van der Waals surface area contributed by atoms with Crippen molar-refractivity contribution in [1.29, 1.82) is 0 Å². The first kappa shape index (κ1) is 40.2. The lowest BCUT2D eigenvalue weighted by atomic mass is 10.0. The number of likely N-dealkylation sites (N-methyl/N-ethyl adjacent to an activating group) is 1. The lowest BCUT2D eigenvalue weighted by Gasteiger charge is -2.28. The average molecular weight is 647 g/mol.